The highest BCUT2D eigenvalue weighted by molar-refractivity contribution is 9.10. The number of sulfonamides is 1. The van der Waals surface area contributed by atoms with Gasteiger partial charge in [-0.25, -0.2) is 13.1 Å². The Labute approximate surface area is 125 Å². The zero-order valence-corrected chi connectivity index (χ0v) is 13.1. The Morgan fingerprint density at radius 3 is 2.80 bits per heavy atom. The zero-order valence-electron chi connectivity index (χ0n) is 10.7. The van der Waals surface area contributed by atoms with Crippen LogP contribution in [0.25, 0.3) is 0 Å². The van der Waals surface area contributed by atoms with Crippen molar-refractivity contribution in [1.29, 1.82) is 0 Å². The lowest BCUT2D eigenvalue weighted by Crippen LogP contribution is -2.42. The summed E-state index contributed by atoms with van der Waals surface area (Å²) in [7, 11) is -3.79. The molecule has 1 heterocycles. The minimum absolute atomic E-state index is 0.0139. The quantitative estimate of drug-likeness (QED) is 0.836. The van der Waals surface area contributed by atoms with Gasteiger partial charge in [0.05, 0.1) is 30.1 Å². The van der Waals surface area contributed by atoms with Gasteiger partial charge in [0, 0.05) is 4.47 Å². The molecule has 110 valence electrons. The summed E-state index contributed by atoms with van der Waals surface area (Å²) < 4.78 is 32.8. The van der Waals surface area contributed by atoms with Gasteiger partial charge in [0.15, 0.2) is 0 Å². The van der Waals surface area contributed by atoms with E-state index < -0.39 is 28.0 Å². The molecule has 1 fully saturated rings. The first kappa shape index (κ1) is 15.4. The Morgan fingerprint density at radius 2 is 2.15 bits per heavy atom. The first-order valence-electron chi connectivity index (χ1n) is 5.90. The number of rotatable bonds is 4. The average molecular weight is 364 g/mol. The van der Waals surface area contributed by atoms with Gasteiger partial charge >= 0.3 is 5.97 Å². The van der Waals surface area contributed by atoms with Gasteiger partial charge in [0.1, 0.15) is 0 Å². The lowest BCUT2D eigenvalue weighted by molar-refractivity contribution is -0.142. The van der Waals surface area contributed by atoms with E-state index in [9.17, 15) is 13.2 Å². The van der Waals surface area contributed by atoms with Crippen LogP contribution in [0, 0.1) is 12.8 Å². The van der Waals surface area contributed by atoms with Crippen molar-refractivity contribution in [3.8, 4) is 0 Å². The number of ether oxygens (including phenoxy) is 1. The molecular formula is C12H14BrNO5S. The van der Waals surface area contributed by atoms with Crippen LogP contribution in [-0.4, -0.2) is 38.7 Å². The van der Waals surface area contributed by atoms with Crippen molar-refractivity contribution in [3.05, 3.63) is 28.2 Å². The molecule has 6 nitrogen and oxygen atoms in total. The van der Waals surface area contributed by atoms with Crippen molar-refractivity contribution in [2.75, 3.05) is 13.2 Å². The summed E-state index contributed by atoms with van der Waals surface area (Å²) in [4.78, 5) is 11.2. The van der Waals surface area contributed by atoms with Crippen molar-refractivity contribution < 1.29 is 23.1 Å². The molecule has 0 spiro atoms. The highest BCUT2D eigenvalue weighted by Crippen LogP contribution is 2.22. The van der Waals surface area contributed by atoms with Crippen molar-refractivity contribution >= 4 is 31.9 Å². The molecule has 0 radical (unpaired) electrons. The fourth-order valence-corrected chi connectivity index (χ4v) is 4.08. The number of nitrogens with one attached hydrogen (secondary N) is 1. The van der Waals surface area contributed by atoms with Gasteiger partial charge in [-0.15, -0.1) is 0 Å². The second-order valence-corrected chi connectivity index (χ2v) is 7.22. The van der Waals surface area contributed by atoms with E-state index in [1.54, 1.807) is 19.1 Å². The van der Waals surface area contributed by atoms with Crippen molar-refractivity contribution in [1.82, 2.24) is 4.72 Å². The fourth-order valence-electron chi connectivity index (χ4n) is 2.04. The van der Waals surface area contributed by atoms with Gasteiger partial charge in [-0.3, -0.25) is 4.79 Å². The number of benzene rings is 1. The molecule has 2 N–H and O–H groups in total. The van der Waals surface area contributed by atoms with Crippen LogP contribution in [-0.2, 0) is 19.6 Å². The molecule has 0 amide bonds. The van der Waals surface area contributed by atoms with Gasteiger partial charge < -0.3 is 9.84 Å². The highest BCUT2D eigenvalue weighted by Gasteiger charge is 2.37. The van der Waals surface area contributed by atoms with E-state index in [0.29, 0.717) is 10.0 Å². The molecule has 0 saturated carbocycles. The first-order chi connectivity index (χ1) is 9.31. The predicted molar refractivity (Wildman–Crippen MR) is 74.9 cm³/mol. The minimum Gasteiger partial charge on any atom is -0.481 e. The van der Waals surface area contributed by atoms with Crippen LogP contribution in [0.3, 0.4) is 0 Å². The number of hydrogen-bond acceptors (Lipinski definition) is 4. The molecule has 2 atom stereocenters. The molecule has 1 aromatic carbocycles. The van der Waals surface area contributed by atoms with Crippen LogP contribution in [0.5, 0.6) is 0 Å². The van der Waals surface area contributed by atoms with Crippen LogP contribution in [0.15, 0.2) is 27.6 Å². The second kappa shape index (κ2) is 5.80. The molecule has 2 rings (SSSR count). The Morgan fingerprint density at radius 1 is 1.45 bits per heavy atom. The molecule has 1 aliphatic rings. The molecule has 1 saturated heterocycles. The standard InChI is InChI=1S/C12H14BrNO5S/c1-7-2-3-8(13)4-11(7)20(17,18)14-10-6-19-5-9(10)12(15)16/h2-4,9-10,14H,5-6H2,1H3,(H,15,16). The molecular weight excluding hydrogens is 350 g/mol. The topological polar surface area (TPSA) is 92.7 Å². The van der Waals surface area contributed by atoms with Gasteiger partial charge in [0.25, 0.3) is 0 Å². The largest absolute Gasteiger partial charge is 0.481 e. The third-order valence-corrected chi connectivity index (χ3v) is 5.27. The summed E-state index contributed by atoms with van der Waals surface area (Å²) in [5.74, 6) is -1.93. The third-order valence-electron chi connectivity index (χ3n) is 3.14. The van der Waals surface area contributed by atoms with Crippen molar-refractivity contribution in [2.45, 2.75) is 17.9 Å². The number of hydrogen-bond donors (Lipinski definition) is 2. The summed E-state index contributed by atoms with van der Waals surface area (Å²) in [5.41, 5.74) is 0.589. The number of carboxylic acid groups (broad SMARTS) is 1. The van der Waals surface area contributed by atoms with Gasteiger partial charge in [0.2, 0.25) is 10.0 Å². The van der Waals surface area contributed by atoms with Crippen LogP contribution in [0.1, 0.15) is 5.56 Å². The minimum atomic E-state index is -3.79. The van der Waals surface area contributed by atoms with Crippen LogP contribution in [0.2, 0.25) is 0 Å². The lowest BCUT2D eigenvalue weighted by Gasteiger charge is -2.17. The summed E-state index contributed by atoms with van der Waals surface area (Å²) in [6.45, 7) is 1.75. The Kier molecular flexibility index (Phi) is 4.48. The van der Waals surface area contributed by atoms with E-state index in [2.05, 4.69) is 20.7 Å². The maximum absolute atomic E-state index is 12.3. The molecule has 2 unspecified atom stereocenters. The lowest BCUT2D eigenvalue weighted by atomic mass is 10.1. The smallest absolute Gasteiger partial charge is 0.310 e. The SMILES string of the molecule is Cc1ccc(Br)cc1S(=O)(=O)NC1COCC1C(=O)O. The molecule has 0 aromatic heterocycles. The fraction of sp³-hybridized carbons (Fsp3) is 0.417. The van der Waals surface area contributed by atoms with Crippen LogP contribution >= 0.6 is 15.9 Å². The second-order valence-electron chi connectivity index (χ2n) is 4.62. The van der Waals surface area contributed by atoms with Crippen LogP contribution < -0.4 is 4.72 Å². The van der Waals surface area contributed by atoms with Gasteiger partial charge in [-0.05, 0) is 24.6 Å². The number of aliphatic carboxylic acids is 1. The van der Waals surface area contributed by atoms with Gasteiger partial charge in [-0.2, -0.15) is 0 Å². The van der Waals surface area contributed by atoms with E-state index in [1.165, 1.54) is 6.07 Å². The Bertz CT molecular complexity index is 631. The number of carbonyl (C=O) groups is 1. The normalized spacial score (nSPS) is 22.9. The first-order valence-corrected chi connectivity index (χ1v) is 8.18. The van der Waals surface area contributed by atoms with E-state index >= 15 is 0 Å². The van der Waals surface area contributed by atoms with E-state index in [1.807, 2.05) is 0 Å². The van der Waals surface area contributed by atoms with Crippen LogP contribution in [0.4, 0.5) is 0 Å². The molecule has 1 aliphatic heterocycles. The zero-order chi connectivity index (χ0) is 14.9. The van der Waals surface area contributed by atoms with E-state index in [4.69, 9.17) is 9.84 Å². The molecule has 1 aromatic rings. The van der Waals surface area contributed by atoms with E-state index in [-0.39, 0.29) is 18.1 Å². The predicted octanol–water partition coefficient (Wildman–Crippen LogP) is 1.14. The summed E-state index contributed by atoms with van der Waals surface area (Å²) in [6, 6.07) is 4.16. The molecule has 0 bridgehead atoms. The molecule has 0 aliphatic carbocycles. The molecule has 20 heavy (non-hydrogen) atoms. The number of aryl methyl sites for hydroxylation is 1. The average Bonchev–Trinajstić information content (AvgIpc) is 2.79. The van der Waals surface area contributed by atoms with Gasteiger partial charge in [-0.1, -0.05) is 22.0 Å². The Balaban J connectivity index is 2.27. The van der Waals surface area contributed by atoms with Crippen molar-refractivity contribution in [3.63, 3.8) is 0 Å². The number of carboxylic acids is 1. The van der Waals surface area contributed by atoms with Crippen molar-refractivity contribution in [2.24, 2.45) is 5.92 Å². The summed E-state index contributed by atoms with van der Waals surface area (Å²) in [6.07, 6.45) is 0. The summed E-state index contributed by atoms with van der Waals surface area (Å²) in [5, 5.41) is 9.03. The van der Waals surface area contributed by atoms with E-state index in [0.717, 1.165) is 0 Å². The maximum atomic E-state index is 12.3. The maximum Gasteiger partial charge on any atom is 0.310 e. The number of halogens is 1. The summed E-state index contributed by atoms with van der Waals surface area (Å²) >= 11 is 3.23. The monoisotopic (exact) mass is 363 g/mol. The Hall–Kier alpha value is -0.960. The highest BCUT2D eigenvalue weighted by atomic mass is 79.9. The third kappa shape index (κ3) is 3.20. The molecule has 8 heteroatoms.